The van der Waals surface area contributed by atoms with Gasteiger partial charge in [-0.3, -0.25) is 0 Å². The molecule has 4 aromatic rings. The second-order valence-corrected chi connectivity index (χ2v) is 7.99. The minimum absolute atomic E-state index is 0.177. The van der Waals surface area contributed by atoms with Crippen LogP contribution in [0.4, 0.5) is 0 Å². The maximum Gasteiger partial charge on any atom is 0.153 e. The Kier molecular flexibility index (Phi) is 6.45. The van der Waals surface area contributed by atoms with Gasteiger partial charge in [0.15, 0.2) is 6.23 Å². The standard InChI is InChI=1S/C28H27NO3/c1-3-9-22(10-4-1)19-30-21-27-26(31-20-23-11-5-2-6-12-23)15-16-28(32-27)29-18-17-24-13-7-8-14-25(24)29/h1-18,26-28H,19-21H2/t26-,27+,28+/m0/s1. The molecule has 3 aromatic carbocycles. The van der Waals surface area contributed by atoms with E-state index < -0.39 is 0 Å². The molecule has 0 saturated carbocycles. The monoisotopic (exact) mass is 425 g/mol. The number of ether oxygens (including phenoxy) is 3. The quantitative estimate of drug-likeness (QED) is 0.330. The number of para-hydroxylation sites is 1. The van der Waals surface area contributed by atoms with E-state index in [1.54, 1.807) is 0 Å². The van der Waals surface area contributed by atoms with E-state index in [-0.39, 0.29) is 18.4 Å². The Morgan fingerprint density at radius 2 is 1.41 bits per heavy atom. The minimum atomic E-state index is -0.210. The lowest BCUT2D eigenvalue weighted by atomic mass is 10.1. The highest BCUT2D eigenvalue weighted by Gasteiger charge is 2.29. The van der Waals surface area contributed by atoms with Crippen LogP contribution in [0.25, 0.3) is 10.9 Å². The Morgan fingerprint density at radius 3 is 2.19 bits per heavy atom. The summed E-state index contributed by atoms with van der Waals surface area (Å²) in [7, 11) is 0. The maximum atomic E-state index is 6.50. The zero-order chi connectivity index (χ0) is 21.6. The first kappa shape index (κ1) is 20.7. The van der Waals surface area contributed by atoms with Crippen LogP contribution in [0, 0.1) is 0 Å². The fraction of sp³-hybridized carbons (Fsp3) is 0.214. The fourth-order valence-corrected chi connectivity index (χ4v) is 4.05. The number of rotatable bonds is 8. The minimum Gasteiger partial charge on any atom is -0.374 e. The molecule has 4 heteroatoms. The molecule has 0 radical (unpaired) electrons. The summed E-state index contributed by atoms with van der Waals surface area (Å²) < 4.78 is 20.9. The third-order valence-corrected chi connectivity index (χ3v) is 5.73. The second kappa shape index (κ2) is 9.96. The van der Waals surface area contributed by atoms with E-state index in [1.807, 2.05) is 36.4 Å². The predicted octanol–water partition coefficient (Wildman–Crippen LogP) is 5.90. The first-order valence-electron chi connectivity index (χ1n) is 11.0. The molecule has 32 heavy (non-hydrogen) atoms. The zero-order valence-corrected chi connectivity index (χ0v) is 17.9. The zero-order valence-electron chi connectivity index (χ0n) is 17.9. The highest BCUT2D eigenvalue weighted by Crippen LogP contribution is 2.28. The van der Waals surface area contributed by atoms with Gasteiger partial charge < -0.3 is 18.8 Å². The largest absolute Gasteiger partial charge is 0.374 e. The molecule has 4 nitrogen and oxygen atoms in total. The summed E-state index contributed by atoms with van der Waals surface area (Å²) in [5, 5.41) is 1.20. The molecule has 2 heterocycles. The van der Waals surface area contributed by atoms with Crippen molar-refractivity contribution < 1.29 is 14.2 Å². The van der Waals surface area contributed by atoms with Crippen LogP contribution in [0.3, 0.4) is 0 Å². The van der Waals surface area contributed by atoms with E-state index >= 15 is 0 Å². The first-order valence-corrected chi connectivity index (χ1v) is 11.0. The highest BCUT2D eigenvalue weighted by atomic mass is 16.6. The molecule has 0 fully saturated rings. The summed E-state index contributed by atoms with van der Waals surface area (Å²) in [4.78, 5) is 0. The van der Waals surface area contributed by atoms with Crippen LogP contribution in [0.15, 0.2) is 109 Å². The van der Waals surface area contributed by atoms with Gasteiger partial charge in [-0.2, -0.15) is 0 Å². The lowest BCUT2D eigenvalue weighted by Gasteiger charge is -2.33. The number of fused-ring (bicyclic) bond motifs is 1. The molecule has 0 spiro atoms. The molecule has 1 aromatic heterocycles. The summed E-state index contributed by atoms with van der Waals surface area (Å²) in [6.07, 6.45) is 5.68. The van der Waals surface area contributed by atoms with Gasteiger partial charge in [0.05, 0.1) is 25.3 Å². The van der Waals surface area contributed by atoms with E-state index in [9.17, 15) is 0 Å². The Balaban J connectivity index is 1.31. The van der Waals surface area contributed by atoms with Gasteiger partial charge in [0.2, 0.25) is 0 Å². The van der Waals surface area contributed by atoms with Crippen molar-refractivity contribution in [3.63, 3.8) is 0 Å². The average Bonchev–Trinajstić information content (AvgIpc) is 3.29. The molecule has 0 N–H and O–H groups in total. The molecule has 1 aliphatic heterocycles. The van der Waals surface area contributed by atoms with Gasteiger partial charge in [0.1, 0.15) is 12.2 Å². The Labute approximate surface area is 188 Å². The van der Waals surface area contributed by atoms with E-state index in [1.165, 1.54) is 5.39 Å². The molecular formula is C28H27NO3. The molecule has 0 aliphatic carbocycles. The molecule has 162 valence electrons. The summed E-state index contributed by atoms with van der Waals surface area (Å²) in [6.45, 7) is 1.53. The van der Waals surface area contributed by atoms with Gasteiger partial charge in [-0.15, -0.1) is 0 Å². The molecular weight excluding hydrogens is 398 g/mol. The van der Waals surface area contributed by atoms with Crippen LogP contribution in [0.5, 0.6) is 0 Å². The average molecular weight is 426 g/mol. The van der Waals surface area contributed by atoms with Crippen molar-refractivity contribution in [3.05, 3.63) is 120 Å². The molecule has 1 aliphatic rings. The van der Waals surface area contributed by atoms with Crippen molar-refractivity contribution in [2.75, 3.05) is 6.61 Å². The predicted molar refractivity (Wildman–Crippen MR) is 126 cm³/mol. The van der Waals surface area contributed by atoms with Crippen LogP contribution in [0.1, 0.15) is 17.4 Å². The lowest BCUT2D eigenvalue weighted by Crippen LogP contribution is -2.39. The van der Waals surface area contributed by atoms with E-state index in [2.05, 4.69) is 77.5 Å². The van der Waals surface area contributed by atoms with Gasteiger partial charge in [-0.1, -0.05) is 84.9 Å². The second-order valence-electron chi connectivity index (χ2n) is 7.99. The number of nitrogens with zero attached hydrogens (tertiary/aromatic N) is 1. The SMILES string of the molecule is C1=C[C@H](n2ccc3ccccc32)O[C@H](COCc2ccccc2)[C@H]1OCc1ccccc1. The third kappa shape index (κ3) is 4.83. The van der Waals surface area contributed by atoms with Crippen molar-refractivity contribution in [1.82, 2.24) is 4.57 Å². The van der Waals surface area contributed by atoms with Crippen molar-refractivity contribution >= 4 is 10.9 Å². The summed E-state index contributed by atoms with van der Waals surface area (Å²) >= 11 is 0. The molecule has 5 rings (SSSR count). The summed E-state index contributed by atoms with van der Waals surface area (Å²) in [5.41, 5.74) is 3.44. The van der Waals surface area contributed by atoms with Gasteiger partial charge in [0.25, 0.3) is 0 Å². The summed E-state index contributed by atoms with van der Waals surface area (Å²) in [5.74, 6) is 0. The normalized spacial score (nSPS) is 20.6. The van der Waals surface area contributed by atoms with Crippen LogP contribution in [-0.4, -0.2) is 23.4 Å². The smallest absolute Gasteiger partial charge is 0.153 e. The Hall–Kier alpha value is -3.18. The third-order valence-electron chi connectivity index (χ3n) is 5.73. The van der Waals surface area contributed by atoms with E-state index in [0.29, 0.717) is 19.8 Å². The Morgan fingerprint density at radius 1 is 0.719 bits per heavy atom. The Bertz CT molecular complexity index is 1150. The highest BCUT2D eigenvalue weighted by molar-refractivity contribution is 5.80. The number of hydrogen-bond acceptors (Lipinski definition) is 3. The van der Waals surface area contributed by atoms with Gasteiger partial charge in [0, 0.05) is 6.20 Å². The van der Waals surface area contributed by atoms with Crippen LogP contribution in [-0.2, 0) is 27.4 Å². The lowest BCUT2D eigenvalue weighted by molar-refractivity contribution is -0.135. The van der Waals surface area contributed by atoms with Crippen molar-refractivity contribution in [1.29, 1.82) is 0 Å². The van der Waals surface area contributed by atoms with Gasteiger partial charge in [-0.25, -0.2) is 0 Å². The molecule has 0 unspecified atom stereocenters. The molecule has 0 amide bonds. The van der Waals surface area contributed by atoms with E-state index in [4.69, 9.17) is 14.2 Å². The fourth-order valence-electron chi connectivity index (χ4n) is 4.05. The van der Waals surface area contributed by atoms with Crippen LogP contribution >= 0.6 is 0 Å². The van der Waals surface area contributed by atoms with Gasteiger partial charge in [-0.05, 0) is 34.7 Å². The molecule has 3 atom stereocenters. The van der Waals surface area contributed by atoms with Crippen LogP contribution < -0.4 is 0 Å². The first-order chi connectivity index (χ1) is 15.9. The van der Waals surface area contributed by atoms with Crippen LogP contribution in [0.2, 0.25) is 0 Å². The van der Waals surface area contributed by atoms with Crippen molar-refractivity contribution in [3.8, 4) is 0 Å². The maximum absolute atomic E-state index is 6.50. The van der Waals surface area contributed by atoms with E-state index in [0.717, 1.165) is 16.6 Å². The number of benzene rings is 3. The van der Waals surface area contributed by atoms with Crippen molar-refractivity contribution in [2.24, 2.45) is 0 Å². The molecule has 0 bridgehead atoms. The summed E-state index contributed by atoms with van der Waals surface area (Å²) in [6, 6.07) is 30.9. The number of hydrogen-bond donors (Lipinski definition) is 0. The van der Waals surface area contributed by atoms with Crippen molar-refractivity contribution in [2.45, 2.75) is 31.6 Å². The molecule has 0 saturated heterocycles. The van der Waals surface area contributed by atoms with Gasteiger partial charge >= 0.3 is 0 Å². The topological polar surface area (TPSA) is 32.6 Å². The number of aromatic nitrogens is 1.